The molecule has 0 bridgehead atoms. The second kappa shape index (κ2) is 3.63. The fourth-order valence-corrected chi connectivity index (χ4v) is 3.70. The fraction of sp³-hybridized carbons (Fsp3) is 1.00. The van der Waals surface area contributed by atoms with Crippen LogP contribution in [0.25, 0.3) is 0 Å². The van der Waals surface area contributed by atoms with Crippen molar-refractivity contribution in [3.63, 3.8) is 0 Å². The molecule has 1 unspecified atom stereocenters. The van der Waals surface area contributed by atoms with Crippen LogP contribution in [0, 0.1) is 16.7 Å². The highest BCUT2D eigenvalue weighted by atomic mass is 14.4. The molecule has 1 fully saturated rings. The van der Waals surface area contributed by atoms with E-state index in [1.807, 2.05) is 0 Å². The largest absolute Gasteiger partial charge is 0.0649 e. The summed E-state index contributed by atoms with van der Waals surface area (Å²) in [7, 11) is 0. The van der Waals surface area contributed by atoms with Gasteiger partial charge in [-0.3, -0.25) is 0 Å². The molecule has 0 amide bonds. The summed E-state index contributed by atoms with van der Waals surface area (Å²) in [6, 6.07) is 0. The quantitative estimate of drug-likeness (QED) is 0.583. The molecule has 0 aromatic carbocycles. The van der Waals surface area contributed by atoms with Gasteiger partial charge in [0.25, 0.3) is 0 Å². The van der Waals surface area contributed by atoms with Gasteiger partial charge in [-0.05, 0) is 36.0 Å². The van der Waals surface area contributed by atoms with E-state index in [1.165, 1.54) is 32.1 Å². The highest BCUT2D eigenvalue weighted by Crippen LogP contribution is 2.51. The van der Waals surface area contributed by atoms with Gasteiger partial charge in [-0.2, -0.15) is 0 Å². The molecule has 0 aromatic heterocycles. The molecule has 13 heavy (non-hydrogen) atoms. The van der Waals surface area contributed by atoms with E-state index in [9.17, 15) is 0 Å². The van der Waals surface area contributed by atoms with E-state index in [1.54, 1.807) is 0 Å². The first-order valence-electron chi connectivity index (χ1n) is 5.93. The van der Waals surface area contributed by atoms with Crippen molar-refractivity contribution < 1.29 is 0 Å². The van der Waals surface area contributed by atoms with E-state index in [0.29, 0.717) is 10.8 Å². The molecule has 0 aliphatic heterocycles. The second-order valence-electron chi connectivity index (χ2n) is 6.06. The Balaban J connectivity index is 2.76. The highest BCUT2D eigenvalue weighted by molar-refractivity contribution is 4.91. The molecule has 0 heterocycles. The molecule has 0 spiro atoms. The van der Waals surface area contributed by atoms with Crippen LogP contribution in [0.2, 0.25) is 0 Å². The van der Waals surface area contributed by atoms with Crippen molar-refractivity contribution in [2.45, 2.75) is 66.7 Å². The number of rotatable bonds is 2. The SMILES string of the molecule is CCC1(CC)CC(C)CC(C)(C)C1. The topological polar surface area (TPSA) is 0 Å². The first-order chi connectivity index (χ1) is 5.93. The minimum atomic E-state index is 0.587. The van der Waals surface area contributed by atoms with Gasteiger partial charge in [-0.25, -0.2) is 0 Å². The first-order valence-corrected chi connectivity index (χ1v) is 5.93. The minimum Gasteiger partial charge on any atom is -0.0649 e. The summed E-state index contributed by atoms with van der Waals surface area (Å²) >= 11 is 0. The van der Waals surface area contributed by atoms with E-state index in [-0.39, 0.29) is 0 Å². The van der Waals surface area contributed by atoms with Crippen molar-refractivity contribution in [3.8, 4) is 0 Å². The standard InChI is InChI=1S/C13H26/c1-6-13(7-2)9-11(3)8-12(4,5)10-13/h11H,6-10H2,1-5H3. The van der Waals surface area contributed by atoms with Crippen LogP contribution in [0.5, 0.6) is 0 Å². The summed E-state index contributed by atoms with van der Waals surface area (Å²) in [5.74, 6) is 0.934. The fourth-order valence-electron chi connectivity index (χ4n) is 3.70. The summed E-state index contributed by atoms with van der Waals surface area (Å²) in [5.41, 5.74) is 1.25. The molecule has 0 heteroatoms. The van der Waals surface area contributed by atoms with Crippen LogP contribution in [0.4, 0.5) is 0 Å². The van der Waals surface area contributed by atoms with Gasteiger partial charge >= 0.3 is 0 Å². The smallest absolute Gasteiger partial charge is 0.0295 e. The maximum Gasteiger partial charge on any atom is -0.0295 e. The summed E-state index contributed by atoms with van der Waals surface area (Å²) < 4.78 is 0. The molecular formula is C13H26. The molecule has 0 N–H and O–H groups in total. The zero-order valence-electron chi connectivity index (χ0n) is 10.1. The Bertz CT molecular complexity index is 163. The molecule has 1 aliphatic rings. The average Bonchev–Trinajstić information content (AvgIpc) is 2.00. The van der Waals surface area contributed by atoms with Gasteiger partial charge in [0.2, 0.25) is 0 Å². The lowest BCUT2D eigenvalue weighted by Crippen LogP contribution is -2.36. The zero-order valence-corrected chi connectivity index (χ0v) is 10.1. The van der Waals surface area contributed by atoms with Gasteiger partial charge in [0.1, 0.15) is 0 Å². The summed E-state index contributed by atoms with van der Waals surface area (Å²) in [6.07, 6.45) is 7.07. The molecule has 1 aliphatic carbocycles. The first kappa shape index (κ1) is 11.1. The van der Waals surface area contributed by atoms with Crippen molar-refractivity contribution in [2.75, 3.05) is 0 Å². The van der Waals surface area contributed by atoms with Crippen molar-refractivity contribution in [1.82, 2.24) is 0 Å². The molecule has 78 valence electrons. The average molecular weight is 182 g/mol. The molecule has 0 saturated heterocycles. The Kier molecular flexibility index (Phi) is 3.09. The highest BCUT2D eigenvalue weighted by Gasteiger charge is 2.40. The Morgan fingerprint density at radius 1 is 1.08 bits per heavy atom. The van der Waals surface area contributed by atoms with Crippen molar-refractivity contribution in [3.05, 3.63) is 0 Å². The van der Waals surface area contributed by atoms with Crippen LogP contribution in [-0.2, 0) is 0 Å². The van der Waals surface area contributed by atoms with Crippen LogP contribution in [-0.4, -0.2) is 0 Å². The Morgan fingerprint density at radius 2 is 1.62 bits per heavy atom. The molecule has 0 aromatic rings. The van der Waals surface area contributed by atoms with E-state index < -0.39 is 0 Å². The van der Waals surface area contributed by atoms with Gasteiger partial charge in [-0.1, -0.05) is 47.5 Å². The lowest BCUT2D eigenvalue weighted by Gasteiger charge is -2.47. The maximum absolute atomic E-state index is 2.45. The third kappa shape index (κ3) is 2.48. The Labute approximate surface area is 84.1 Å². The molecular weight excluding hydrogens is 156 g/mol. The maximum atomic E-state index is 2.45. The summed E-state index contributed by atoms with van der Waals surface area (Å²) in [4.78, 5) is 0. The molecule has 0 radical (unpaired) electrons. The molecule has 0 nitrogen and oxygen atoms in total. The predicted octanol–water partition coefficient (Wildman–Crippen LogP) is 4.64. The van der Waals surface area contributed by atoms with Gasteiger partial charge < -0.3 is 0 Å². The normalized spacial score (nSPS) is 31.6. The van der Waals surface area contributed by atoms with Crippen LogP contribution >= 0.6 is 0 Å². The van der Waals surface area contributed by atoms with E-state index in [2.05, 4.69) is 34.6 Å². The van der Waals surface area contributed by atoms with Crippen LogP contribution in [0.1, 0.15) is 66.7 Å². The zero-order chi connectivity index (χ0) is 10.1. The lowest BCUT2D eigenvalue weighted by molar-refractivity contribution is 0.0403. The van der Waals surface area contributed by atoms with Crippen molar-refractivity contribution in [1.29, 1.82) is 0 Å². The van der Waals surface area contributed by atoms with E-state index in [0.717, 1.165) is 5.92 Å². The molecule has 1 atom stereocenters. The predicted molar refractivity (Wildman–Crippen MR) is 59.8 cm³/mol. The lowest BCUT2D eigenvalue weighted by atomic mass is 9.58. The third-order valence-corrected chi connectivity index (χ3v) is 4.04. The van der Waals surface area contributed by atoms with Gasteiger partial charge in [-0.15, -0.1) is 0 Å². The number of hydrogen-bond donors (Lipinski definition) is 0. The Morgan fingerprint density at radius 3 is 2.00 bits per heavy atom. The third-order valence-electron chi connectivity index (χ3n) is 4.04. The minimum absolute atomic E-state index is 0.587. The number of hydrogen-bond acceptors (Lipinski definition) is 0. The van der Waals surface area contributed by atoms with Crippen molar-refractivity contribution in [2.24, 2.45) is 16.7 Å². The second-order valence-corrected chi connectivity index (χ2v) is 6.06. The molecule has 1 saturated carbocycles. The van der Waals surface area contributed by atoms with Gasteiger partial charge in [0, 0.05) is 0 Å². The Hall–Kier alpha value is 0. The molecule has 1 rings (SSSR count). The van der Waals surface area contributed by atoms with Crippen molar-refractivity contribution >= 4 is 0 Å². The van der Waals surface area contributed by atoms with Crippen LogP contribution in [0.3, 0.4) is 0 Å². The summed E-state index contributed by atoms with van der Waals surface area (Å²) in [5, 5.41) is 0. The van der Waals surface area contributed by atoms with Gasteiger partial charge in [0.05, 0.1) is 0 Å². The van der Waals surface area contributed by atoms with E-state index in [4.69, 9.17) is 0 Å². The van der Waals surface area contributed by atoms with Gasteiger partial charge in [0.15, 0.2) is 0 Å². The van der Waals surface area contributed by atoms with Crippen LogP contribution in [0.15, 0.2) is 0 Å². The van der Waals surface area contributed by atoms with E-state index >= 15 is 0 Å². The summed E-state index contributed by atoms with van der Waals surface area (Å²) in [6.45, 7) is 12.1. The van der Waals surface area contributed by atoms with Crippen LogP contribution < -0.4 is 0 Å². The monoisotopic (exact) mass is 182 g/mol.